The summed E-state index contributed by atoms with van der Waals surface area (Å²) in [6, 6.07) is 12.4. The average Bonchev–Trinajstić information content (AvgIpc) is 3.17. The maximum absolute atomic E-state index is 12.3. The number of carbonyl (C=O) groups is 2. The molecule has 0 aliphatic carbocycles. The first kappa shape index (κ1) is 22.1. The Labute approximate surface area is 182 Å². The minimum Gasteiger partial charge on any atom is -0.462 e. The topological polar surface area (TPSA) is 74.4 Å². The molecule has 0 unspecified atom stereocenters. The van der Waals surface area contributed by atoms with Crippen LogP contribution in [0.25, 0.3) is 10.9 Å². The van der Waals surface area contributed by atoms with Crippen molar-refractivity contribution in [1.82, 2.24) is 15.2 Å². The smallest absolute Gasteiger partial charge is 0.338 e. The zero-order valence-corrected chi connectivity index (χ0v) is 18.1. The van der Waals surface area contributed by atoms with E-state index in [4.69, 9.17) is 4.74 Å². The largest absolute Gasteiger partial charge is 0.462 e. The SMILES string of the molecule is CCOC(=O)c1ccc(C(=O)NCC#Cc2ccc3[nH]cc(CCN(C)C)c3c2)cc1. The molecule has 0 saturated heterocycles. The highest BCUT2D eigenvalue weighted by atomic mass is 16.5. The predicted octanol–water partition coefficient (Wildman–Crippen LogP) is 3.23. The summed E-state index contributed by atoms with van der Waals surface area (Å²) in [4.78, 5) is 29.4. The van der Waals surface area contributed by atoms with Gasteiger partial charge in [-0.1, -0.05) is 11.8 Å². The van der Waals surface area contributed by atoms with Crippen molar-refractivity contribution in [3.05, 3.63) is 70.9 Å². The van der Waals surface area contributed by atoms with Crippen LogP contribution >= 0.6 is 0 Å². The molecule has 1 aromatic heterocycles. The molecule has 0 aliphatic rings. The lowest BCUT2D eigenvalue weighted by Gasteiger charge is -2.08. The van der Waals surface area contributed by atoms with Crippen molar-refractivity contribution in [2.24, 2.45) is 0 Å². The number of H-pyrrole nitrogens is 1. The van der Waals surface area contributed by atoms with Gasteiger partial charge in [-0.25, -0.2) is 4.79 Å². The number of carbonyl (C=O) groups excluding carboxylic acids is 2. The number of ether oxygens (including phenoxy) is 1. The molecule has 31 heavy (non-hydrogen) atoms. The van der Waals surface area contributed by atoms with E-state index in [9.17, 15) is 9.59 Å². The van der Waals surface area contributed by atoms with Crippen LogP contribution in [0.1, 0.15) is 38.8 Å². The van der Waals surface area contributed by atoms with Crippen LogP contribution in [0.5, 0.6) is 0 Å². The number of nitrogens with zero attached hydrogens (tertiary/aromatic N) is 1. The van der Waals surface area contributed by atoms with Gasteiger partial charge >= 0.3 is 5.97 Å². The highest BCUT2D eigenvalue weighted by molar-refractivity contribution is 5.96. The maximum atomic E-state index is 12.3. The Kier molecular flexibility index (Phi) is 7.47. The van der Waals surface area contributed by atoms with E-state index in [2.05, 4.69) is 53.4 Å². The van der Waals surface area contributed by atoms with Crippen LogP contribution in [0, 0.1) is 11.8 Å². The first-order chi connectivity index (χ1) is 15.0. The van der Waals surface area contributed by atoms with Crippen molar-refractivity contribution in [2.75, 3.05) is 33.8 Å². The van der Waals surface area contributed by atoms with Gasteiger partial charge in [0.15, 0.2) is 0 Å². The zero-order valence-electron chi connectivity index (χ0n) is 18.1. The fraction of sp³-hybridized carbons (Fsp3) is 0.280. The number of hydrogen-bond donors (Lipinski definition) is 2. The van der Waals surface area contributed by atoms with Gasteiger partial charge in [0, 0.05) is 34.8 Å². The summed E-state index contributed by atoms with van der Waals surface area (Å²) in [5.41, 5.74) is 4.16. The van der Waals surface area contributed by atoms with Crippen LogP contribution in [-0.4, -0.2) is 55.6 Å². The number of rotatable bonds is 7. The maximum Gasteiger partial charge on any atom is 0.338 e. The van der Waals surface area contributed by atoms with E-state index >= 15 is 0 Å². The Hall–Kier alpha value is -3.56. The predicted molar refractivity (Wildman–Crippen MR) is 122 cm³/mol. The summed E-state index contributed by atoms with van der Waals surface area (Å²) >= 11 is 0. The molecule has 2 N–H and O–H groups in total. The Morgan fingerprint density at radius 3 is 2.55 bits per heavy atom. The molecule has 3 rings (SSSR count). The molecule has 160 valence electrons. The van der Waals surface area contributed by atoms with Gasteiger partial charge in [-0.2, -0.15) is 0 Å². The first-order valence-electron chi connectivity index (χ1n) is 10.3. The lowest BCUT2D eigenvalue weighted by Crippen LogP contribution is -2.23. The van der Waals surface area contributed by atoms with Crippen molar-refractivity contribution in [2.45, 2.75) is 13.3 Å². The quantitative estimate of drug-likeness (QED) is 0.457. The second-order valence-electron chi connectivity index (χ2n) is 7.41. The van der Waals surface area contributed by atoms with Gasteiger partial charge in [-0.3, -0.25) is 4.79 Å². The average molecular weight is 418 g/mol. The highest BCUT2D eigenvalue weighted by Crippen LogP contribution is 2.20. The number of benzene rings is 2. The molecule has 0 radical (unpaired) electrons. The molecule has 2 aromatic carbocycles. The van der Waals surface area contributed by atoms with Gasteiger partial charge in [0.25, 0.3) is 5.91 Å². The van der Waals surface area contributed by atoms with Gasteiger partial charge in [0.1, 0.15) is 0 Å². The third-order valence-electron chi connectivity index (χ3n) is 4.82. The number of hydrogen-bond acceptors (Lipinski definition) is 4. The number of fused-ring (bicyclic) bond motifs is 1. The highest BCUT2D eigenvalue weighted by Gasteiger charge is 2.09. The van der Waals surface area contributed by atoms with E-state index in [0.717, 1.165) is 24.0 Å². The molecule has 6 nitrogen and oxygen atoms in total. The van der Waals surface area contributed by atoms with Crippen molar-refractivity contribution in [1.29, 1.82) is 0 Å². The fourth-order valence-electron chi connectivity index (χ4n) is 3.15. The lowest BCUT2D eigenvalue weighted by molar-refractivity contribution is 0.0526. The number of likely N-dealkylation sites (N-methyl/N-ethyl adjacent to an activating group) is 1. The molecule has 0 saturated carbocycles. The summed E-state index contributed by atoms with van der Waals surface area (Å²) in [6.07, 6.45) is 3.02. The molecule has 1 heterocycles. The molecule has 0 bridgehead atoms. The summed E-state index contributed by atoms with van der Waals surface area (Å²) in [5.74, 6) is 5.48. The minimum absolute atomic E-state index is 0.233. The van der Waals surface area contributed by atoms with Gasteiger partial charge in [-0.15, -0.1) is 0 Å². The van der Waals surface area contributed by atoms with Crippen LogP contribution < -0.4 is 5.32 Å². The van der Waals surface area contributed by atoms with Crippen molar-refractivity contribution in [3.63, 3.8) is 0 Å². The van der Waals surface area contributed by atoms with Crippen LogP contribution in [0.3, 0.4) is 0 Å². The monoisotopic (exact) mass is 417 g/mol. The first-order valence-corrected chi connectivity index (χ1v) is 10.3. The Balaban J connectivity index is 1.59. The number of aromatic nitrogens is 1. The number of aromatic amines is 1. The second kappa shape index (κ2) is 10.5. The van der Waals surface area contributed by atoms with Gasteiger partial charge in [-0.05, 0) is 75.5 Å². The van der Waals surface area contributed by atoms with Crippen LogP contribution in [0.2, 0.25) is 0 Å². The third kappa shape index (κ3) is 5.97. The van der Waals surface area contributed by atoms with E-state index < -0.39 is 5.97 Å². The van der Waals surface area contributed by atoms with E-state index in [0.29, 0.717) is 17.7 Å². The van der Waals surface area contributed by atoms with Crippen molar-refractivity contribution in [3.8, 4) is 11.8 Å². The minimum atomic E-state index is -0.399. The Morgan fingerprint density at radius 2 is 1.84 bits per heavy atom. The van der Waals surface area contributed by atoms with Gasteiger partial charge in [0.2, 0.25) is 0 Å². The van der Waals surface area contributed by atoms with Crippen molar-refractivity contribution >= 4 is 22.8 Å². The van der Waals surface area contributed by atoms with Gasteiger partial charge in [0.05, 0.1) is 18.7 Å². The van der Waals surface area contributed by atoms with E-state index in [-0.39, 0.29) is 12.5 Å². The number of nitrogens with one attached hydrogen (secondary N) is 2. The number of esters is 1. The summed E-state index contributed by atoms with van der Waals surface area (Å²) in [7, 11) is 4.13. The summed E-state index contributed by atoms with van der Waals surface area (Å²) in [6.45, 7) is 3.28. The Bertz CT molecular complexity index is 1120. The molecular weight excluding hydrogens is 390 g/mol. The molecule has 0 atom stereocenters. The summed E-state index contributed by atoms with van der Waals surface area (Å²) < 4.78 is 4.94. The van der Waals surface area contributed by atoms with Crippen LogP contribution in [0.4, 0.5) is 0 Å². The fourth-order valence-corrected chi connectivity index (χ4v) is 3.15. The van der Waals surface area contributed by atoms with E-state index in [1.165, 1.54) is 10.9 Å². The third-order valence-corrected chi connectivity index (χ3v) is 4.82. The van der Waals surface area contributed by atoms with E-state index in [1.807, 2.05) is 12.1 Å². The number of amides is 1. The lowest BCUT2D eigenvalue weighted by atomic mass is 10.1. The molecular formula is C25H27N3O3. The Morgan fingerprint density at radius 1 is 1.10 bits per heavy atom. The molecule has 1 amide bonds. The molecule has 3 aromatic rings. The van der Waals surface area contributed by atoms with Crippen LogP contribution in [-0.2, 0) is 11.2 Å². The van der Waals surface area contributed by atoms with Crippen LogP contribution in [0.15, 0.2) is 48.7 Å². The molecule has 0 spiro atoms. The van der Waals surface area contributed by atoms with Gasteiger partial charge < -0.3 is 19.9 Å². The standard InChI is InChI=1S/C25H27N3O3/c1-4-31-25(30)20-10-8-19(9-11-20)24(29)26-14-5-6-18-7-12-23-22(16-18)21(17-27-23)13-15-28(2)3/h7-12,16-17,27H,4,13-15H2,1-3H3,(H,26,29). The van der Waals surface area contributed by atoms with E-state index in [1.54, 1.807) is 31.2 Å². The normalized spacial score (nSPS) is 10.6. The summed E-state index contributed by atoms with van der Waals surface area (Å²) in [5, 5.41) is 3.96. The zero-order chi connectivity index (χ0) is 22.2. The van der Waals surface area contributed by atoms with Crippen molar-refractivity contribution < 1.29 is 14.3 Å². The molecule has 6 heteroatoms. The molecule has 0 aliphatic heterocycles. The second-order valence-corrected chi connectivity index (χ2v) is 7.41. The molecule has 0 fully saturated rings.